The third kappa shape index (κ3) is 5.08. The van der Waals surface area contributed by atoms with E-state index in [-0.39, 0.29) is 18.3 Å². The molecule has 5 nitrogen and oxygen atoms in total. The Kier molecular flexibility index (Phi) is 6.79. The van der Waals surface area contributed by atoms with Crippen LogP contribution in [0.4, 0.5) is 0 Å². The van der Waals surface area contributed by atoms with Crippen molar-refractivity contribution < 1.29 is 4.79 Å². The van der Waals surface area contributed by atoms with Crippen molar-refractivity contribution in [3.8, 4) is 11.3 Å². The second-order valence-corrected chi connectivity index (χ2v) is 6.35. The van der Waals surface area contributed by atoms with E-state index in [1.54, 1.807) is 6.07 Å². The Morgan fingerprint density at radius 1 is 1.35 bits per heavy atom. The molecule has 126 valence electrons. The van der Waals surface area contributed by atoms with Gasteiger partial charge in [0.1, 0.15) is 5.69 Å². The fourth-order valence-electron chi connectivity index (χ4n) is 2.62. The molecule has 2 rings (SSSR count). The van der Waals surface area contributed by atoms with Crippen LogP contribution in [-0.4, -0.2) is 28.2 Å². The van der Waals surface area contributed by atoms with Gasteiger partial charge in [-0.25, -0.2) is 0 Å². The molecule has 1 heterocycles. The van der Waals surface area contributed by atoms with Crippen molar-refractivity contribution in [3.05, 3.63) is 42.1 Å². The summed E-state index contributed by atoms with van der Waals surface area (Å²) in [5, 5.41) is 10.0. The third-order valence-corrected chi connectivity index (χ3v) is 3.62. The first-order valence-electron chi connectivity index (χ1n) is 7.57. The van der Waals surface area contributed by atoms with Crippen LogP contribution in [0.3, 0.4) is 0 Å². The van der Waals surface area contributed by atoms with Gasteiger partial charge in [0.15, 0.2) is 0 Å². The maximum atomic E-state index is 12.4. The molecule has 0 bridgehead atoms. The van der Waals surface area contributed by atoms with E-state index in [9.17, 15) is 4.79 Å². The highest BCUT2D eigenvalue weighted by Crippen LogP contribution is 2.19. The second kappa shape index (κ2) is 8.13. The summed E-state index contributed by atoms with van der Waals surface area (Å²) < 4.78 is 0. The van der Waals surface area contributed by atoms with E-state index >= 15 is 0 Å². The zero-order valence-electron chi connectivity index (χ0n) is 13.8. The van der Waals surface area contributed by atoms with Gasteiger partial charge in [-0.3, -0.25) is 9.89 Å². The number of carbonyl (C=O) groups excluding carboxylic acids is 1. The van der Waals surface area contributed by atoms with E-state index in [2.05, 4.69) is 29.4 Å². The molecule has 6 heteroatoms. The first-order chi connectivity index (χ1) is 10.4. The summed E-state index contributed by atoms with van der Waals surface area (Å²) in [7, 11) is 0. The molecule has 23 heavy (non-hydrogen) atoms. The third-order valence-electron chi connectivity index (χ3n) is 3.62. The molecule has 0 saturated heterocycles. The van der Waals surface area contributed by atoms with Crippen molar-refractivity contribution in [2.75, 3.05) is 6.54 Å². The monoisotopic (exact) mass is 336 g/mol. The number of rotatable bonds is 6. The number of hydrogen-bond acceptors (Lipinski definition) is 3. The molecule has 1 unspecified atom stereocenters. The van der Waals surface area contributed by atoms with Gasteiger partial charge in [0.05, 0.1) is 11.2 Å². The summed E-state index contributed by atoms with van der Waals surface area (Å²) in [6.45, 7) is 6.60. The van der Waals surface area contributed by atoms with Gasteiger partial charge in [-0.15, -0.1) is 12.4 Å². The van der Waals surface area contributed by atoms with Gasteiger partial charge in [-0.1, -0.05) is 44.2 Å². The van der Waals surface area contributed by atoms with Crippen molar-refractivity contribution in [2.45, 2.75) is 32.7 Å². The van der Waals surface area contributed by atoms with E-state index < -0.39 is 5.54 Å². The lowest BCUT2D eigenvalue weighted by Gasteiger charge is -2.30. The number of nitrogens with zero attached hydrogens (tertiary/aromatic N) is 1. The maximum absolute atomic E-state index is 12.4. The number of H-pyrrole nitrogens is 1. The van der Waals surface area contributed by atoms with E-state index in [4.69, 9.17) is 5.73 Å². The van der Waals surface area contributed by atoms with E-state index in [0.29, 0.717) is 18.2 Å². The Balaban J connectivity index is 0.00000264. The van der Waals surface area contributed by atoms with Crippen LogP contribution >= 0.6 is 12.4 Å². The maximum Gasteiger partial charge on any atom is 0.269 e. The average Bonchev–Trinajstić information content (AvgIpc) is 2.97. The quantitative estimate of drug-likeness (QED) is 0.758. The number of halogens is 1. The number of benzene rings is 1. The van der Waals surface area contributed by atoms with Crippen molar-refractivity contribution in [2.24, 2.45) is 11.7 Å². The van der Waals surface area contributed by atoms with Crippen LogP contribution in [-0.2, 0) is 0 Å². The van der Waals surface area contributed by atoms with Crippen molar-refractivity contribution in [1.82, 2.24) is 15.5 Å². The van der Waals surface area contributed by atoms with Crippen LogP contribution < -0.4 is 11.1 Å². The minimum Gasteiger partial charge on any atom is -0.344 e. The van der Waals surface area contributed by atoms with Gasteiger partial charge in [0.25, 0.3) is 5.91 Å². The Bertz CT molecular complexity index is 627. The topological polar surface area (TPSA) is 83.8 Å². The molecule has 1 aromatic carbocycles. The highest BCUT2D eigenvalue weighted by molar-refractivity contribution is 5.93. The van der Waals surface area contributed by atoms with Crippen LogP contribution in [0.15, 0.2) is 36.4 Å². The smallest absolute Gasteiger partial charge is 0.269 e. The van der Waals surface area contributed by atoms with Gasteiger partial charge in [0, 0.05) is 12.1 Å². The van der Waals surface area contributed by atoms with Crippen LogP contribution in [0.25, 0.3) is 11.3 Å². The Morgan fingerprint density at radius 2 is 2.00 bits per heavy atom. The number of aromatic nitrogens is 2. The second-order valence-electron chi connectivity index (χ2n) is 6.35. The minimum atomic E-state index is -0.413. The van der Waals surface area contributed by atoms with Gasteiger partial charge < -0.3 is 11.1 Å². The number of hydrogen-bond donors (Lipinski definition) is 3. The molecular weight excluding hydrogens is 312 g/mol. The fourth-order valence-corrected chi connectivity index (χ4v) is 2.62. The summed E-state index contributed by atoms with van der Waals surface area (Å²) in [5.74, 6) is 0.277. The van der Waals surface area contributed by atoms with E-state index in [1.165, 1.54) is 0 Å². The first kappa shape index (κ1) is 19.2. The molecule has 2 aromatic rings. The first-order valence-corrected chi connectivity index (χ1v) is 7.57. The zero-order valence-corrected chi connectivity index (χ0v) is 14.6. The van der Waals surface area contributed by atoms with Gasteiger partial charge >= 0.3 is 0 Å². The van der Waals surface area contributed by atoms with Crippen LogP contribution in [0, 0.1) is 5.92 Å². The Morgan fingerprint density at radius 3 is 2.57 bits per heavy atom. The molecule has 0 spiro atoms. The van der Waals surface area contributed by atoms with E-state index in [0.717, 1.165) is 17.7 Å². The summed E-state index contributed by atoms with van der Waals surface area (Å²) in [6, 6.07) is 11.5. The van der Waals surface area contributed by atoms with Crippen LogP contribution in [0.1, 0.15) is 37.7 Å². The standard InChI is InChI=1S/C17H24N4O.ClH/c1-12(2)10-17(3,11-18)19-16(22)15-9-14(20-21-15)13-7-5-4-6-8-13;/h4-9,12H,10-11,18H2,1-3H3,(H,19,22)(H,20,21);1H. The number of carbonyl (C=O) groups is 1. The highest BCUT2D eigenvalue weighted by atomic mass is 35.5. The number of nitrogens with one attached hydrogen (secondary N) is 2. The summed E-state index contributed by atoms with van der Waals surface area (Å²) in [4.78, 5) is 12.4. The molecule has 1 aromatic heterocycles. The molecule has 0 aliphatic rings. The lowest BCUT2D eigenvalue weighted by Crippen LogP contribution is -2.52. The van der Waals surface area contributed by atoms with E-state index in [1.807, 2.05) is 37.3 Å². The molecule has 0 radical (unpaired) electrons. The summed E-state index contributed by atoms with van der Waals surface area (Å²) >= 11 is 0. The van der Waals surface area contributed by atoms with Crippen molar-refractivity contribution in [1.29, 1.82) is 0 Å². The summed E-state index contributed by atoms with van der Waals surface area (Å²) in [6.07, 6.45) is 0.828. The predicted molar refractivity (Wildman–Crippen MR) is 95.7 cm³/mol. The number of nitrogens with two attached hydrogens (primary N) is 1. The van der Waals surface area contributed by atoms with Crippen molar-refractivity contribution >= 4 is 18.3 Å². The molecule has 4 N–H and O–H groups in total. The normalized spacial score (nSPS) is 13.3. The molecule has 0 fully saturated rings. The Hall–Kier alpha value is -1.85. The Labute approximate surface area is 143 Å². The molecular formula is C17H25ClN4O. The minimum absolute atomic E-state index is 0. The fraction of sp³-hybridized carbons (Fsp3) is 0.412. The predicted octanol–water partition coefficient (Wildman–Crippen LogP) is 2.99. The summed E-state index contributed by atoms with van der Waals surface area (Å²) in [5.41, 5.74) is 7.60. The van der Waals surface area contributed by atoms with Gasteiger partial charge in [-0.05, 0) is 25.3 Å². The molecule has 1 amide bonds. The van der Waals surface area contributed by atoms with Crippen LogP contribution in [0.5, 0.6) is 0 Å². The van der Waals surface area contributed by atoms with Crippen molar-refractivity contribution in [3.63, 3.8) is 0 Å². The molecule has 0 saturated carbocycles. The molecule has 0 aliphatic carbocycles. The largest absolute Gasteiger partial charge is 0.344 e. The molecule has 1 atom stereocenters. The zero-order chi connectivity index (χ0) is 16.2. The SMILES string of the molecule is CC(C)CC(C)(CN)NC(=O)c1cc(-c2ccccc2)n[nH]1.Cl. The average molecular weight is 337 g/mol. The van der Waals surface area contributed by atoms with Crippen LogP contribution in [0.2, 0.25) is 0 Å². The lowest BCUT2D eigenvalue weighted by atomic mass is 9.90. The lowest BCUT2D eigenvalue weighted by molar-refractivity contribution is 0.0893. The number of amides is 1. The van der Waals surface area contributed by atoms with Gasteiger partial charge in [0.2, 0.25) is 0 Å². The van der Waals surface area contributed by atoms with Gasteiger partial charge in [-0.2, -0.15) is 5.10 Å². The molecule has 0 aliphatic heterocycles. The highest BCUT2D eigenvalue weighted by Gasteiger charge is 2.27. The number of aromatic amines is 1.